The maximum atomic E-state index is 3.98. The van der Waals surface area contributed by atoms with Crippen molar-refractivity contribution in [2.75, 3.05) is 0 Å². The lowest BCUT2D eigenvalue weighted by Gasteiger charge is -2.37. The zero-order valence-electron chi connectivity index (χ0n) is 13.0. The SMILES string of the molecule is c1ccc([C@]23CCC4CC[C@@](c5ccccc5)(CC2)[O+]43)cc1. The molecule has 0 N–H and O–H groups in total. The Morgan fingerprint density at radius 3 is 1.55 bits per heavy atom. The minimum Gasteiger partial charge on any atom is -0.404 e. The third-order valence-electron chi connectivity index (χ3n) is 6.45. The van der Waals surface area contributed by atoms with Crippen LogP contribution in [0.2, 0.25) is 0 Å². The number of hydrogen-bond acceptors (Lipinski definition) is 0. The van der Waals surface area contributed by atoms with E-state index in [9.17, 15) is 0 Å². The van der Waals surface area contributed by atoms with Crippen LogP contribution < -0.4 is 0 Å². The van der Waals surface area contributed by atoms with E-state index in [1.807, 2.05) is 0 Å². The van der Waals surface area contributed by atoms with Crippen LogP contribution in [0.1, 0.15) is 49.7 Å². The molecule has 0 saturated carbocycles. The van der Waals surface area contributed by atoms with Crippen LogP contribution in [0.15, 0.2) is 60.7 Å². The van der Waals surface area contributed by atoms with Gasteiger partial charge in [-0.05, 0) is 0 Å². The molecule has 0 unspecified atom stereocenters. The van der Waals surface area contributed by atoms with E-state index in [0.29, 0.717) is 6.10 Å². The van der Waals surface area contributed by atoms with Crippen LogP contribution >= 0.6 is 0 Å². The van der Waals surface area contributed by atoms with Gasteiger partial charge in [0.05, 0.1) is 0 Å². The van der Waals surface area contributed by atoms with Crippen LogP contribution in [0, 0.1) is 0 Å². The quantitative estimate of drug-likeness (QED) is 0.679. The first kappa shape index (κ1) is 12.9. The monoisotopic (exact) mass is 291 g/mol. The summed E-state index contributed by atoms with van der Waals surface area (Å²) in [6, 6.07) is 22.5. The van der Waals surface area contributed by atoms with Gasteiger partial charge in [0, 0.05) is 49.7 Å². The molecule has 5 rings (SSSR count). The molecule has 3 heterocycles. The van der Waals surface area contributed by atoms with Gasteiger partial charge in [-0.25, -0.2) is 0 Å². The first-order valence-electron chi connectivity index (χ1n) is 8.70. The minimum atomic E-state index is 0.221. The molecule has 0 radical (unpaired) electrons. The summed E-state index contributed by atoms with van der Waals surface area (Å²) in [5.41, 5.74) is 3.47. The molecule has 3 saturated heterocycles. The highest BCUT2D eigenvalue weighted by Crippen LogP contribution is 2.68. The lowest BCUT2D eigenvalue weighted by molar-refractivity contribution is -0.292. The van der Waals surface area contributed by atoms with Gasteiger partial charge in [0.15, 0.2) is 17.3 Å². The summed E-state index contributed by atoms with van der Waals surface area (Å²) >= 11 is 0. The summed E-state index contributed by atoms with van der Waals surface area (Å²) < 4.78 is 3.98. The Hall–Kier alpha value is -1.60. The lowest BCUT2D eigenvalue weighted by Crippen LogP contribution is -2.38. The number of rotatable bonds is 2. The van der Waals surface area contributed by atoms with Gasteiger partial charge in [0.25, 0.3) is 0 Å². The van der Waals surface area contributed by atoms with Gasteiger partial charge in [-0.15, -0.1) is 0 Å². The molecule has 0 aliphatic carbocycles. The number of benzene rings is 2. The van der Waals surface area contributed by atoms with Gasteiger partial charge in [-0.1, -0.05) is 60.7 Å². The van der Waals surface area contributed by atoms with Crippen molar-refractivity contribution in [3.8, 4) is 0 Å². The molecule has 112 valence electrons. The molecule has 2 atom stereocenters. The van der Waals surface area contributed by atoms with Crippen molar-refractivity contribution in [3.05, 3.63) is 71.8 Å². The number of hydrogen-bond donors (Lipinski definition) is 0. The fraction of sp³-hybridized carbons (Fsp3) is 0.429. The largest absolute Gasteiger partial charge is 0.404 e. The fourth-order valence-electron chi connectivity index (χ4n) is 5.59. The molecular formula is C21H23O+. The normalized spacial score (nSPS) is 36.6. The summed E-state index contributed by atoms with van der Waals surface area (Å²) in [5, 5.41) is 0. The topological polar surface area (TPSA) is 2.70 Å². The van der Waals surface area contributed by atoms with Gasteiger partial charge in [-0.3, -0.25) is 0 Å². The van der Waals surface area contributed by atoms with Crippen LogP contribution in [-0.2, 0) is 15.6 Å². The highest BCUT2D eigenvalue weighted by molar-refractivity contribution is 5.33. The summed E-state index contributed by atoms with van der Waals surface area (Å²) in [6.07, 6.45) is 8.58. The minimum absolute atomic E-state index is 0.221. The molecule has 2 aromatic rings. The van der Waals surface area contributed by atoms with Crippen LogP contribution in [0.5, 0.6) is 0 Å². The van der Waals surface area contributed by atoms with E-state index in [1.165, 1.54) is 49.7 Å². The summed E-state index contributed by atoms with van der Waals surface area (Å²) in [4.78, 5) is 0. The second kappa shape index (κ2) is 4.45. The van der Waals surface area contributed by atoms with Gasteiger partial charge in [0.1, 0.15) is 0 Å². The predicted octanol–water partition coefficient (Wildman–Crippen LogP) is 5.08. The van der Waals surface area contributed by atoms with Crippen LogP contribution in [-0.4, -0.2) is 6.10 Å². The van der Waals surface area contributed by atoms with Crippen molar-refractivity contribution in [1.82, 2.24) is 0 Å². The highest BCUT2D eigenvalue weighted by Gasteiger charge is 2.71. The van der Waals surface area contributed by atoms with Crippen molar-refractivity contribution in [2.24, 2.45) is 0 Å². The van der Waals surface area contributed by atoms with E-state index in [0.717, 1.165) is 0 Å². The fourth-order valence-corrected chi connectivity index (χ4v) is 5.59. The average Bonchev–Trinajstić information content (AvgIpc) is 3.25. The molecule has 0 bridgehead atoms. The van der Waals surface area contributed by atoms with Crippen LogP contribution in [0.25, 0.3) is 0 Å². The molecule has 0 amide bonds. The molecule has 1 heteroatoms. The maximum Gasteiger partial charge on any atom is 0.193 e. The van der Waals surface area contributed by atoms with E-state index >= 15 is 0 Å². The molecule has 3 fully saturated rings. The van der Waals surface area contributed by atoms with Crippen molar-refractivity contribution < 1.29 is 4.37 Å². The lowest BCUT2D eigenvalue weighted by atomic mass is 9.85. The van der Waals surface area contributed by atoms with Crippen molar-refractivity contribution in [2.45, 2.75) is 55.8 Å². The summed E-state index contributed by atoms with van der Waals surface area (Å²) in [7, 11) is 0. The van der Waals surface area contributed by atoms with Crippen LogP contribution in [0.3, 0.4) is 0 Å². The van der Waals surface area contributed by atoms with Crippen LogP contribution in [0.4, 0.5) is 0 Å². The summed E-state index contributed by atoms with van der Waals surface area (Å²) in [6.45, 7) is 0. The Morgan fingerprint density at radius 2 is 1.09 bits per heavy atom. The van der Waals surface area contributed by atoms with E-state index in [4.69, 9.17) is 0 Å². The molecule has 0 aromatic heterocycles. The Morgan fingerprint density at radius 1 is 0.636 bits per heavy atom. The van der Waals surface area contributed by atoms with Gasteiger partial charge in [-0.2, -0.15) is 0 Å². The third kappa shape index (κ3) is 1.48. The third-order valence-corrected chi connectivity index (χ3v) is 6.45. The highest BCUT2D eigenvalue weighted by atomic mass is 16.7. The average molecular weight is 291 g/mol. The smallest absolute Gasteiger partial charge is 0.193 e. The molecule has 3 aliphatic rings. The van der Waals surface area contributed by atoms with E-state index < -0.39 is 0 Å². The Bertz CT molecular complexity index is 620. The standard InChI is InChI=1S/C21H23O/c1-3-7-17(8-4-1)20-13-11-19-12-14-21(16-15-20,22(19)20)18-9-5-2-6-10-18/h1-10,19H,11-16H2/q+1/t20-,21-/m0/s1. The van der Waals surface area contributed by atoms with Crippen molar-refractivity contribution >= 4 is 0 Å². The molecule has 22 heavy (non-hydrogen) atoms. The van der Waals surface area contributed by atoms with Crippen molar-refractivity contribution in [3.63, 3.8) is 0 Å². The van der Waals surface area contributed by atoms with E-state index in [-0.39, 0.29) is 11.2 Å². The Kier molecular flexibility index (Phi) is 2.61. The van der Waals surface area contributed by atoms with E-state index in [2.05, 4.69) is 65.0 Å². The summed E-state index contributed by atoms with van der Waals surface area (Å²) in [5.74, 6) is 0. The van der Waals surface area contributed by atoms with Gasteiger partial charge < -0.3 is 4.37 Å². The Labute approximate surface area is 132 Å². The molecule has 3 aliphatic heterocycles. The zero-order chi connectivity index (χ0) is 14.6. The first-order valence-corrected chi connectivity index (χ1v) is 8.70. The Balaban J connectivity index is 1.67. The van der Waals surface area contributed by atoms with Crippen molar-refractivity contribution in [1.29, 1.82) is 0 Å². The van der Waals surface area contributed by atoms with Gasteiger partial charge in [0.2, 0.25) is 0 Å². The van der Waals surface area contributed by atoms with E-state index in [1.54, 1.807) is 0 Å². The second-order valence-electron chi connectivity index (χ2n) is 7.26. The second-order valence-corrected chi connectivity index (χ2v) is 7.26. The molecule has 2 aromatic carbocycles. The molecular weight excluding hydrogens is 268 g/mol. The maximum absolute atomic E-state index is 3.98. The first-order chi connectivity index (χ1) is 10.9. The van der Waals surface area contributed by atoms with Gasteiger partial charge >= 0.3 is 0 Å². The predicted molar refractivity (Wildman–Crippen MR) is 88.8 cm³/mol. The zero-order valence-corrected chi connectivity index (χ0v) is 13.0. The molecule has 1 nitrogen and oxygen atoms in total. The molecule has 0 spiro atoms.